The molecule has 2 aromatic rings. The highest BCUT2D eigenvalue weighted by molar-refractivity contribution is 6.09. The Balaban J connectivity index is 1.64. The fourth-order valence-electron chi connectivity index (χ4n) is 8.88. The molecule has 46 heavy (non-hydrogen) atoms. The third-order valence-corrected chi connectivity index (χ3v) is 11.3. The quantitative estimate of drug-likeness (QED) is 0.217. The molecule has 0 aromatic heterocycles. The number of hydrogen-bond acceptors (Lipinski definition) is 8. The van der Waals surface area contributed by atoms with Gasteiger partial charge in [-0.25, -0.2) is 0 Å². The summed E-state index contributed by atoms with van der Waals surface area (Å²) in [5.74, 6) is -9.88. The van der Waals surface area contributed by atoms with Crippen LogP contribution in [0.3, 0.4) is 0 Å². The van der Waals surface area contributed by atoms with Crippen molar-refractivity contribution in [2.45, 2.75) is 70.6 Å². The molecule has 5 rings (SSSR count). The fourth-order valence-corrected chi connectivity index (χ4v) is 8.88. The number of Topliss-reactive ketones (excluding diaryl/α,β-unsaturated/α-hetero) is 2. The maximum absolute atomic E-state index is 14.3. The summed E-state index contributed by atoms with van der Waals surface area (Å²) in [6, 6.07) is 7.38. The summed E-state index contributed by atoms with van der Waals surface area (Å²) in [6.45, 7) is 7.93. The molecule has 12 heteroatoms. The number of nitrogens with two attached hydrogens (primary N) is 1. The number of amides is 1. The van der Waals surface area contributed by atoms with Gasteiger partial charge in [-0.05, 0) is 41.0 Å². The first-order chi connectivity index (χ1) is 21.2. The van der Waals surface area contributed by atoms with Crippen LogP contribution in [-0.4, -0.2) is 66.9 Å². The van der Waals surface area contributed by atoms with Gasteiger partial charge in [0.2, 0.25) is 5.91 Å². The molecule has 1 amide bonds. The van der Waals surface area contributed by atoms with Crippen LogP contribution in [0.5, 0.6) is 5.75 Å². The SMILES string of the molecule is CC(C)[C@H]1C(O)C(C(N)=O)C(=O)[C@]2(O)C(O)C3C(=O)c4c(ccc(/C=C/c5ccc(C(F)(F)F)cc5)c4O)[C@@H](C)[C@]3(C)[C@@H](O)[C@]12C. The van der Waals surface area contributed by atoms with E-state index in [-0.39, 0.29) is 11.1 Å². The van der Waals surface area contributed by atoms with Crippen molar-refractivity contribution in [1.82, 2.24) is 0 Å². The van der Waals surface area contributed by atoms with Gasteiger partial charge in [-0.2, -0.15) is 13.2 Å². The third kappa shape index (κ3) is 4.26. The van der Waals surface area contributed by atoms with Crippen molar-refractivity contribution >= 4 is 29.6 Å². The molecule has 10 atom stereocenters. The molecule has 2 fully saturated rings. The lowest BCUT2D eigenvalue weighted by Gasteiger charge is -2.69. The van der Waals surface area contributed by atoms with Gasteiger partial charge in [-0.15, -0.1) is 0 Å². The molecule has 0 bridgehead atoms. The molecule has 0 aliphatic heterocycles. The van der Waals surface area contributed by atoms with Gasteiger partial charge in [0, 0.05) is 16.4 Å². The predicted molar refractivity (Wildman–Crippen MR) is 160 cm³/mol. The molecule has 0 spiro atoms. The molecule has 0 heterocycles. The van der Waals surface area contributed by atoms with Crippen LogP contribution in [-0.2, 0) is 15.8 Å². The second-order valence-electron chi connectivity index (χ2n) is 13.8. The van der Waals surface area contributed by atoms with Gasteiger partial charge in [0.05, 0.1) is 29.3 Å². The topological polar surface area (TPSA) is 178 Å². The van der Waals surface area contributed by atoms with Crippen LogP contribution in [0.1, 0.15) is 73.1 Å². The Hall–Kier alpha value is -3.58. The average molecular weight is 646 g/mol. The Bertz CT molecular complexity index is 1640. The standard InChI is InChI=1S/C34H38F3NO8/c1-14(2)22-26(41)21(29(38)44)27(42)33(46)28(43)23-25(40)20-19(15(3)31(23,4)30(45)32(22,33)5)13-10-17(24(20)39)9-6-16-7-11-18(12-8-16)34(35,36)37/h6-15,21-23,26,28,30,39,41,43,45-46H,1-5H3,(H2,38,44)/b9-6+/t15-,21?,22+,23?,26?,28?,30-,31+,32+,33+/m1/s1. The molecule has 4 unspecified atom stereocenters. The molecule has 3 aliphatic rings. The predicted octanol–water partition coefficient (Wildman–Crippen LogP) is 3.29. The number of aliphatic hydroxyl groups excluding tert-OH is 3. The summed E-state index contributed by atoms with van der Waals surface area (Å²) in [4.78, 5) is 40.6. The first-order valence-corrected chi connectivity index (χ1v) is 15.0. The summed E-state index contributed by atoms with van der Waals surface area (Å²) in [7, 11) is 0. The summed E-state index contributed by atoms with van der Waals surface area (Å²) >= 11 is 0. The lowest BCUT2D eigenvalue weighted by molar-refractivity contribution is -0.306. The maximum Gasteiger partial charge on any atom is 0.416 e. The van der Waals surface area contributed by atoms with Crippen LogP contribution in [0.25, 0.3) is 12.2 Å². The Morgan fingerprint density at radius 1 is 1.00 bits per heavy atom. The number of hydrogen-bond donors (Lipinski definition) is 6. The Labute approximate surface area is 263 Å². The molecule has 2 aromatic carbocycles. The molecule has 9 nitrogen and oxygen atoms in total. The van der Waals surface area contributed by atoms with Gasteiger partial charge in [0.1, 0.15) is 17.8 Å². The fraction of sp³-hybridized carbons (Fsp3) is 0.500. The number of ketones is 2. The summed E-state index contributed by atoms with van der Waals surface area (Å²) in [5, 5.41) is 59.1. The largest absolute Gasteiger partial charge is 0.507 e. The first kappa shape index (κ1) is 33.8. The number of phenolic OH excluding ortho intramolecular Hbond substituents is 1. The minimum absolute atomic E-state index is 0.128. The molecule has 7 N–H and O–H groups in total. The van der Waals surface area contributed by atoms with E-state index in [9.17, 15) is 53.1 Å². The molecular weight excluding hydrogens is 607 g/mol. The Kier molecular flexibility index (Phi) is 7.88. The van der Waals surface area contributed by atoms with Gasteiger partial charge >= 0.3 is 6.18 Å². The van der Waals surface area contributed by atoms with Crippen LogP contribution in [0.2, 0.25) is 0 Å². The molecule has 3 aliphatic carbocycles. The number of aromatic hydroxyl groups is 1. The van der Waals surface area contributed by atoms with Crippen molar-refractivity contribution in [1.29, 1.82) is 0 Å². The van der Waals surface area contributed by atoms with Crippen LogP contribution >= 0.6 is 0 Å². The number of alkyl halides is 3. The smallest absolute Gasteiger partial charge is 0.416 e. The van der Waals surface area contributed by atoms with E-state index in [1.165, 1.54) is 37.3 Å². The molecular formula is C34H38F3NO8. The number of phenols is 1. The van der Waals surface area contributed by atoms with E-state index in [0.717, 1.165) is 12.1 Å². The second kappa shape index (κ2) is 10.7. The lowest BCUT2D eigenvalue weighted by atomic mass is 9.36. The van der Waals surface area contributed by atoms with Crippen LogP contribution in [0, 0.1) is 34.5 Å². The van der Waals surface area contributed by atoms with E-state index in [0.29, 0.717) is 11.1 Å². The van der Waals surface area contributed by atoms with E-state index in [1.54, 1.807) is 33.8 Å². The Morgan fingerprint density at radius 3 is 2.11 bits per heavy atom. The normalized spacial score (nSPS) is 37.6. The number of primary amides is 1. The van der Waals surface area contributed by atoms with E-state index in [4.69, 9.17) is 5.73 Å². The van der Waals surface area contributed by atoms with Crippen LogP contribution in [0.15, 0.2) is 36.4 Å². The third-order valence-electron chi connectivity index (χ3n) is 11.3. The van der Waals surface area contributed by atoms with Crippen LogP contribution in [0.4, 0.5) is 13.2 Å². The number of fused-ring (bicyclic) bond motifs is 3. The lowest BCUT2D eigenvalue weighted by Crippen LogP contribution is -2.83. The van der Waals surface area contributed by atoms with Gasteiger partial charge in [-0.1, -0.05) is 71.0 Å². The summed E-state index contributed by atoms with van der Waals surface area (Å²) in [6.07, 6.45) is -7.23. The van der Waals surface area contributed by atoms with Gasteiger partial charge in [0.25, 0.3) is 0 Å². The monoisotopic (exact) mass is 645 g/mol. The van der Waals surface area contributed by atoms with Gasteiger partial charge < -0.3 is 31.3 Å². The van der Waals surface area contributed by atoms with E-state index in [1.807, 2.05) is 0 Å². The molecule has 2 saturated carbocycles. The van der Waals surface area contributed by atoms with Gasteiger partial charge in [0.15, 0.2) is 17.2 Å². The van der Waals surface area contributed by atoms with Crippen molar-refractivity contribution in [3.05, 3.63) is 64.2 Å². The highest BCUT2D eigenvalue weighted by Crippen LogP contribution is 2.68. The average Bonchev–Trinajstić information content (AvgIpc) is 2.96. The zero-order valence-electron chi connectivity index (χ0n) is 25.9. The molecule has 0 radical (unpaired) electrons. The molecule has 0 saturated heterocycles. The number of carbonyl (C=O) groups excluding carboxylic acids is 3. The Morgan fingerprint density at radius 2 is 1.59 bits per heavy atom. The maximum atomic E-state index is 14.3. The minimum atomic E-state index is -4.51. The van der Waals surface area contributed by atoms with E-state index in [2.05, 4.69) is 0 Å². The first-order valence-electron chi connectivity index (χ1n) is 15.0. The number of aliphatic hydroxyl groups is 4. The van der Waals surface area contributed by atoms with Crippen molar-refractivity contribution in [2.75, 3.05) is 0 Å². The zero-order valence-corrected chi connectivity index (χ0v) is 25.9. The van der Waals surface area contributed by atoms with Crippen LogP contribution < -0.4 is 5.73 Å². The minimum Gasteiger partial charge on any atom is -0.507 e. The van der Waals surface area contributed by atoms with Crippen molar-refractivity contribution < 1.29 is 53.1 Å². The zero-order chi connectivity index (χ0) is 34.5. The number of halogens is 3. The van der Waals surface area contributed by atoms with Gasteiger partial charge in [-0.3, -0.25) is 14.4 Å². The number of rotatable bonds is 4. The highest BCUT2D eigenvalue weighted by atomic mass is 19.4. The van der Waals surface area contributed by atoms with Crippen molar-refractivity contribution in [2.24, 2.45) is 40.2 Å². The van der Waals surface area contributed by atoms with E-state index < -0.39 is 99.3 Å². The second-order valence-corrected chi connectivity index (χ2v) is 13.8. The highest BCUT2D eigenvalue weighted by Gasteiger charge is 2.80. The molecule has 248 valence electrons. The van der Waals surface area contributed by atoms with Crippen molar-refractivity contribution in [3.63, 3.8) is 0 Å². The van der Waals surface area contributed by atoms with E-state index >= 15 is 0 Å². The van der Waals surface area contributed by atoms with Crippen molar-refractivity contribution in [3.8, 4) is 5.75 Å². The number of carbonyl (C=O) groups is 3. The summed E-state index contributed by atoms with van der Waals surface area (Å²) < 4.78 is 38.9. The summed E-state index contributed by atoms with van der Waals surface area (Å²) in [5.41, 5.74) is -1.11. The number of benzene rings is 2.